The van der Waals surface area contributed by atoms with E-state index in [4.69, 9.17) is 26.1 Å². The molecule has 2 aromatic heterocycles. The molecule has 11 rings (SSSR count). The number of nitrogens with zero attached hydrogens (tertiary/aromatic N) is 9. The molecule has 4 amide bonds. The van der Waals surface area contributed by atoms with Crippen molar-refractivity contribution in [3.63, 3.8) is 0 Å². The van der Waals surface area contributed by atoms with Gasteiger partial charge in [0.05, 0.1) is 54.8 Å². The first-order valence-electron chi connectivity index (χ1n) is 27.0. The lowest BCUT2D eigenvalue weighted by Gasteiger charge is -2.44. The molecular formula is C58H66ClN12O7P. The van der Waals surface area contributed by atoms with Crippen LogP contribution in [0.1, 0.15) is 59.2 Å². The number of aryl methyl sites for hydroxylation is 1. The lowest BCUT2D eigenvalue weighted by molar-refractivity contribution is -0.136. The summed E-state index contributed by atoms with van der Waals surface area (Å²) >= 11 is 6.73. The molecule has 0 bridgehead atoms. The predicted molar refractivity (Wildman–Crippen MR) is 308 cm³/mol. The van der Waals surface area contributed by atoms with E-state index in [1.807, 2.05) is 68.0 Å². The number of piperazine rings is 1. The largest absolute Gasteiger partial charge is 0.495 e. The van der Waals surface area contributed by atoms with Crippen molar-refractivity contribution in [2.24, 2.45) is 13.0 Å². The predicted octanol–water partition coefficient (Wildman–Crippen LogP) is 7.85. The number of imide groups is 2. The third-order valence-corrected chi connectivity index (χ3v) is 18.0. The Bertz CT molecular complexity index is 3370. The van der Waals surface area contributed by atoms with E-state index in [0.717, 1.165) is 123 Å². The number of hydrogen-bond donors (Lipinski definition) is 3. The summed E-state index contributed by atoms with van der Waals surface area (Å²) in [5.41, 5.74) is 7.60. The molecule has 7 heterocycles. The standard InChI is InChI=1S/C58H66ClN12O7P/c1-66-35-39(32-61-66)41-28-46(63-58-60-33-44(59)54(65-58)62-45-12-11-38(27-52(45)79(4,5)76)37-9-7-6-8-10-37)50(77-2)31-48(41)69-21-17-40(18-22-69)68-25-23-67(24-26-68)34-36-15-19-70(20-16-36)49-29-42-43(30-51(49)78-3)57(75)71(56(42)74)47-13-14-53(72)64-55(47)73/h6-12,27-33,35-36,40,47H,13-26,34H2,1-5H3,(H,64,72,73)(H2,60,62,63,65). The molecular weight excluding hydrogens is 1040 g/mol. The lowest BCUT2D eigenvalue weighted by atomic mass is 9.94. The summed E-state index contributed by atoms with van der Waals surface area (Å²) < 4.78 is 27.3. The number of methoxy groups -OCH3 is 2. The summed E-state index contributed by atoms with van der Waals surface area (Å²) in [4.78, 5) is 71.9. The van der Waals surface area contributed by atoms with Crippen molar-refractivity contribution in [2.75, 3.05) is 107 Å². The fourth-order valence-corrected chi connectivity index (χ4v) is 13.2. The maximum atomic E-state index is 13.7. The highest BCUT2D eigenvalue weighted by Gasteiger charge is 2.45. The highest BCUT2D eigenvalue weighted by atomic mass is 35.5. The smallest absolute Gasteiger partial charge is 0.262 e. The second-order valence-electron chi connectivity index (χ2n) is 21.6. The molecule has 79 heavy (non-hydrogen) atoms. The Morgan fingerprint density at radius 2 is 1.41 bits per heavy atom. The second kappa shape index (κ2) is 22.4. The monoisotopic (exact) mass is 1110 g/mol. The summed E-state index contributed by atoms with van der Waals surface area (Å²) in [6, 6.07) is 22.9. The van der Waals surface area contributed by atoms with Gasteiger partial charge in [0.2, 0.25) is 17.8 Å². The van der Waals surface area contributed by atoms with Crippen LogP contribution in [0.3, 0.4) is 0 Å². The number of rotatable bonds is 15. The van der Waals surface area contributed by atoms with Crippen LogP contribution >= 0.6 is 18.7 Å². The first kappa shape index (κ1) is 53.7. The van der Waals surface area contributed by atoms with Gasteiger partial charge in [-0.2, -0.15) is 10.1 Å². The molecule has 4 aromatic carbocycles. The van der Waals surface area contributed by atoms with Gasteiger partial charge in [0, 0.05) is 113 Å². The number of piperidine rings is 3. The van der Waals surface area contributed by atoms with Crippen LogP contribution in [-0.4, -0.2) is 157 Å². The molecule has 19 nitrogen and oxygen atoms in total. The molecule has 0 aliphatic carbocycles. The zero-order valence-corrected chi connectivity index (χ0v) is 46.9. The van der Waals surface area contributed by atoms with Gasteiger partial charge >= 0.3 is 0 Å². The molecule has 1 unspecified atom stereocenters. The molecule has 412 valence electrons. The van der Waals surface area contributed by atoms with Crippen LogP contribution in [0.25, 0.3) is 22.3 Å². The van der Waals surface area contributed by atoms with Crippen LogP contribution in [0.15, 0.2) is 91.4 Å². The number of ether oxygens (including phenoxy) is 2. The quantitative estimate of drug-likeness (QED) is 0.0663. The number of nitrogens with one attached hydrogen (secondary N) is 3. The Balaban J connectivity index is 0.705. The minimum atomic E-state index is -2.74. The van der Waals surface area contributed by atoms with Gasteiger partial charge in [-0.25, -0.2) is 4.98 Å². The molecule has 0 saturated carbocycles. The summed E-state index contributed by atoms with van der Waals surface area (Å²) in [6.45, 7) is 12.0. The fraction of sp³-hybridized carbons (Fsp3) is 0.397. The number of amides is 4. The first-order chi connectivity index (χ1) is 38.1. The molecule has 1 atom stereocenters. The third-order valence-electron chi connectivity index (χ3n) is 16.2. The van der Waals surface area contributed by atoms with Gasteiger partial charge in [0.1, 0.15) is 29.7 Å². The average Bonchev–Trinajstić information content (AvgIpc) is 4.15. The van der Waals surface area contributed by atoms with E-state index in [9.17, 15) is 23.7 Å². The van der Waals surface area contributed by atoms with E-state index in [0.29, 0.717) is 56.9 Å². The van der Waals surface area contributed by atoms with Crippen molar-refractivity contribution in [3.8, 4) is 33.8 Å². The zero-order valence-electron chi connectivity index (χ0n) is 45.2. The van der Waals surface area contributed by atoms with Crippen LogP contribution in [0.2, 0.25) is 5.02 Å². The van der Waals surface area contributed by atoms with E-state index in [1.165, 1.54) is 0 Å². The Kier molecular flexibility index (Phi) is 15.2. The molecule has 4 saturated heterocycles. The van der Waals surface area contributed by atoms with Crippen molar-refractivity contribution in [3.05, 3.63) is 108 Å². The summed E-state index contributed by atoms with van der Waals surface area (Å²) in [6.07, 6.45) is 9.66. The van der Waals surface area contributed by atoms with Crippen molar-refractivity contribution in [1.82, 2.24) is 39.8 Å². The Morgan fingerprint density at radius 1 is 0.709 bits per heavy atom. The van der Waals surface area contributed by atoms with E-state index >= 15 is 0 Å². The van der Waals surface area contributed by atoms with Gasteiger partial charge in [-0.3, -0.25) is 39.0 Å². The molecule has 5 aliphatic heterocycles. The molecule has 5 aliphatic rings. The fourth-order valence-electron chi connectivity index (χ4n) is 11.9. The molecule has 21 heteroatoms. The van der Waals surface area contributed by atoms with Crippen LogP contribution in [0, 0.1) is 5.92 Å². The van der Waals surface area contributed by atoms with Crippen molar-refractivity contribution in [1.29, 1.82) is 0 Å². The second-order valence-corrected chi connectivity index (χ2v) is 25.2. The van der Waals surface area contributed by atoms with Crippen LogP contribution < -0.4 is 40.5 Å². The van der Waals surface area contributed by atoms with Gasteiger partial charge in [0.15, 0.2) is 5.82 Å². The minimum Gasteiger partial charge on any atom is -0.495 e. The molecule has 0 radical (unpaired) electrons. The summed E-state index contributed by atoms with van der Waals surface area (Å²) in [7, 11) is 2.40. The number of carbonyl (C=O) groups is 4. The third kappa shape index (κ3) is 11.2. The highest BCUT2D eigenvalue weighted by molar-refractivity contribution is 7.70. The zero-order chi connectivity index (χ0) is 55.1. The lowest BCUT2D eigenvalue weighted by Crippen LogP contribution is -2.54. The molecule has 3 N–H and O–H groups in total. The van der Waals surface area contributed by atoms with Gasteiger partial charge < -0.3 is 39.4 Å². The van der Waals surface area contributed by atoms with Gasteiger partial charge in [-0.1, -0.05) is 48.0 Å². The number of hydrogen-bond acceptors (Lipinski definition) is 16. The highest BCUT2D eigenvalue weighted by Crippen LogP contribution is 2.44. The minimum absolute atomic E-state index is 0.0679. The van der Waals surface area contributed by atoms with Gasteiger partial charge in [-0.15, -0.1) is 0 Å². The van der Waals surface area contributed by atoms with Gasteiger partial charge in [0.25, 0.3) is 11.8 Å². The molecule has 6 aromatic rings. The molecule has 4 fully saturated rings. The Morgan fingerprint density at radius 3 is 2.08 bits per heavy atom. The summed E-state index contributed by atoms with van der Waals surface area (Å²) in [5.74, 6) is 0.251. The van der Waals surface area contributed by atoms with Crippen LogP contribution in [0.4, 0.5) is 34.5 Å². The Hall–Kier alpha value is -7.31. The van der Waals surface area contributed by atoms with E-state index in [2.05, 4.69) is 57.8 Å². The number of carbonyl (C=O) groups excluding carboxylic acids is 4. The molecule has 0 spiro atoms. The van der Waals surface area contributed by atoms with Crippen molar-refractivity contribution in [2.45, 2.75) is 50.6 Å². The maximum absolute atomic E-state index is 13.7. The van der Waals surface area contributed by atoms with Crippen LogP contribution in [0.5, 0.6) is 11.5 Å². The van der Waals surface area contributed by atoms with E-state index in [-0.39, 0.29) is 24.0 Å². The first-order valence-corrected chi connectivity index (χ1v) is 30.0. The summed E-state index contributed by atoms with van der Waals surface area (Å²) in [5, 5.41) is 14.6. The topological polar surface area (TPSA) is 200 Å². The normalized spacial score (nSPS) is 19.0. The number of fused-ring (bicyclic) bond motifs is 1. The SMILES string of the molecule is COc1cc(N2CCC(N3CCN(CC4CCN(c5cc6c(cc5OC)C(=O)N(C5CCC(=O)NC5=O)C6=O)CC4)CC3)CC2)c(-c2cnn(C)c2)cc1Nc1ncc(Cl)c(Nc2ccc(-c3ccccc3)cc2P(C)(C)=O)n1. The van der Waals surface area contributed by atoms with E-state index in [1.54, 1.807) is 50.6 Å². The average molecular weight is 1110 g/mol. The van der Waals surface area contributed by atoms with Crippen molar-refractivity contribution < 1.29 is 33.2 Å². The van der Waals surface area contributed by atoms with E-state index < -0.39 is 36.8 Å². The van der Waals surface area contributed by atoms with Gasteiger partial charge in [-0.05, 0) is 92.8 Å². The number of benzene rings is 4. The van der Waals surface area contributed by atoms with Crippen LogP contribution in [-0.2, 0) is 21.2 Å². The number of aromatic nitrogens is 4. The number of anilines is 6. The maximum Gasteiger partial charge on any atom is 0.262 e. The Labute approximate surface area is 465 Å². The number of halogens is 1. The van der Waals surface area contributed by atoms with Crippen molar-refractivity contribution >= 4 is 82.2 Å².